The predicted octanol–water partition coefficient (Wildman–Crippen LogP) is 0.279. The summed E-state index contributed by atoms with van der Waals surface area (Å²) < 4.78 is 0. The minimum absolute atomic E-state index is 0.174. The van der Waals surface area contributed by atoms with Crippen LogP contribution in [0.15, 0.2) is 0 Å². The maximum atomic E-state index is 12.1. The minimum atomic E-state index is -0.408. The lowest BCUT2D eigenvalue weighted by Crippen LogP contribution is -2.42. The number of piperidine rings is 1. The number of aromatic nitrogens is 3. The molecule has 1 aliphatic carbocycles. The third-order valence-corrected chi connectivity index (χ3v) is 3.34. The number of nitrogens with zero attached hydrogens (tertiary/aromatic N) is 3. The topological polar surface area (TPSA) is 82.1 Å². The van der Waals surface area contributed by atoms with Gasteiger partial charge in [-0.05, 0) is 25.7 Å². The van der Waals surface area contributed by atoms with Crippen molar-refractivity contribution in [1.29, 1.82) is 0 Å². The van der Waals surface area contributed by atoms with Crippen molar-refractivity contribution >= 4 is 5.91 Å². The molecule has 2 aliphatic rings. The molecule has 2 fully saturated rings. The molecule has 1 atom stereocenters. The van der Waals surface area contributed by atoms with Crippen molar-refractivity contribution in [2.45, 2.75) is 37.7 Å². The van der Waals surface area contributed by atoms with Crippen LogP contribution in [0.4, 0.5) is 0 Å². The summed E-state index contributed by atoms with van der Waals surface area (Å²) in [4.78, 5) is 17.9. The average molecular weight is 236 g/mol. The summed E-state index contributed by atoms with van der Waals surface area (Å²) in [6.07, 6.45) is 3.46. The van der Waals surface area contributed by atoms with E-state index in [-0.39, 0.29) is 11.7 Å². The van der Waals surface area contributed by atoms with E-state index in [1.54, 1.807) is 4.90 Å². The highest BCUT2D eigenvalue weighted by molar-refractivity contribution is 5.90. The maximum Gasteiger partial charge on any atom is 0.293 e. The van der Waals surface area contributed by atoms with E-state index in [0.717, 1.165) is 31.5 Å². The molecule has 1 saturated carbocycles. The summed E-state index contributed by atoms with van der Waals surface area (Å²) in [5.41, 5.74) is 0. The molecule has 17 heavy (non-hydrogen) atoms. The van der Waals surface area contributed by atoms with E-state index in [0.29, 0.717) is 19.0 Å². The fraction of sp³-hybridized carbons (Fsp3) is 0.727. The molecular formula is C11H16N4O2. The Morgan fingerprint density at radius 3 is 2.94 bits per heavy atom. The number of β-amino-alcohol motifs (C(OH)–C–C–N with tert-alkyl or cyclic N) is 1. The molecule has 1 amide bonds. The zero-order valence-corrected chi connectivity index (χ0v) is 9.59. The number of likely N-dealkylation sites (tertiary alicyclic amines) is 1. The van der Waals surface area contributed by atoms with Gasteiger partial charge in [0.2, 0.25) is 5.82 Å². The molecule has 1 saturated heterocycles. The van der Waals surface area contributed by atoms with Crippen molar-refractivity contribution in [3.63, 3.8) is 0 Å². The van der Waals surface area contributed by atoms with Gasteiger partial charge in [-0.2, -0.15) is 0 Å². The molecule has 1 aromatic rings. The summed E-state index contributed by atoms with van der Waals surface area (Å²) in [5, 5.41) is 16.3. The first kappa shape index (κ1) is 10.7. The Labute approximate surface area is 99.0 Å². The van der Waals surface area contributed by atoms with Gasteiger partial charge < -0.3 is 10.0 Å². The highest BCUT2D eigenvalue weighted by Gasteiger charge is 2.30. The molecule has 2 heterocycles. The second kappa shape index (κ2) is 4.10. The van der Waals surface area contributed by atoms with E-state index >= 15 is 0 Å². The SMILES string of the molecule is O=C(c1n[nH]c(C2CC2)n1)N1CCC[C@H](O)C1. The van der Waals surface area contributed by atoms with Gasteiger partial charge in [0.05, 0.1) is 6.10 Å². The standard InChI is InChI=1S/C11H16N4O2/c16-8-2-1-5-15(6-8)11(17)10-12-9(13-14-10)7-3-4-7/h7-8,16H,1-6H2,(H,12,13,14)/t8-/m0/s1. The van der Waals surface area contributed by atoms with Crippen molar-refractivity contribution < 1.29 is 9.90 Å². The molecule has 92 valence electrons. The van der Waals surface area contributed by atoms with Crippen LogP contribution in [0.25, 0.3) is 0 Å². The monoisotopic (exact) mass is 236 g/mol. The normalized spacial score (nSPS) is 25.0. The number of hydrogen-bond acceptors (Lipinski definition) is 4. The Bertz CT molecular complexity index is 427. The number of rotatable bonds is 2. The van der Waals surface area contributed by atoms with E-state index in [1.807, 2.05) is 0 Å². The molecule has 0 radical (unpaired) electrons. The number of nitrogens with one attached hydrogen (secondary N) is 1. The van der Waals surface area contributed by atoms with Gasteiger partial charge in [-0.15, -0.1) is 5.10 Å². The quantitative estimate of drug-likeness (QED) is 0.772. The van der Waals surface area contributed by atoms with Crippen LogP contribution in [0.5, 0.6) is 0 Å². The van der Waals surface area contributed by atoms with Gasteiger partial charge in [0, 0.05) is 19.0 Å². The third kappa shape index (κ3) is 2.17. The lowest BCUT2D eigenvalue weighted by molar-refractivity contribution is 0.0464. The van der Waals surface area contributed by atoms with Crippen molar-refractivity contribution in [2.24, 2.45) is 0 Å². The van der Waals surface area contributed by atoms with Crippen LogP contribution in [0.1, 0.15) is 48.0 Å². The molecule has 6 nitrogen and oxygen atoms in total. The third-order valence-electron chi connectivity index (χ3n) is 3.34. The highest BCUT2D eigenvalue weighted by Crippen LogP contribution is 2.37. The number of aliphatic hydroxyl groups excluding tert-OH is 1. The highest BCUT2D eigenvalue weighted by atomic mass is 16.3. The molecule has 2 N–H and O–H groups in total. The van der Waals surface area contributed by atoms with E-state index < -0.39 is 6.10 Å². The lowest BCUT2D eigenvalue weighted by Gasteiger charge is -2.29. The first-order chi connectivity index (χ1) is 8.24. The zero-order valence-electron chi connectivity index (χ0n) is 9.59. The van der Waals surface area contributed by atoms with Gasteiger partial charge >= 0.3 is 0 Å². The first-order valence-electron chi connectivity index (χ1n) is 6.13. The van der Waals surface area contributed by atoms with E-state index in [9.17, 15) is 9.90 Å². The molecule has 0 bridgehead atoms. The minimum Gasteiger partial charge on any atom is -0.391 e. The summed E-state index contributed by atoms with van der Waals surface area (Å²) in [6.45, 7) is 1.08. The molecule has 0 spiro atoms. The number of aromatic amines is 1. The number of amides is 1. The van der Waals surface area contributed by atoms with E-state index in [1.165, 1.54) is 0 Å². The van der Waals surface area contributed by atoms with Gasteiger partial charge in [-0.3, -0.25) is 9.89 Å². The van der Waals surface area contributed by atoms with Gasteiger partial charge in [-0.25, -0.2) is 4.98 Å². The Kier molecular flexibility index (Phi) is 2.58. The molecule has 1 aromatic heterocycles. The first-order valence-corrected chi connectivity index (χ1v) is 6.13. The Morgan fingerprint density at radius 1 is 1.41 bits per heavy atom. The fourth-order valence-corrected chi connectivity index (χ4v) is 2.19. The van der Waals surface area contributed by atoms with Crippen molar-refractivity contribution in [3.05, 3.63) is 11.6 Å². The van der Waals surface area contributed by atoms with E-state index in [2.05, 4.69) is 15.2 Å². The van der Waals surface area contributed by atoms with Gasteiger partial charge in [0.25, 0.3) is 5.91 Å². The van der Waals surface area contributed by atoms with E-state index in [4.69, 9.17) is 0 Å². The van der Waals surface area contributed by atoms with Gasteiger partial charge in [-0.1, -0.05) is 0 Å². The van der Waals surface area contributed by atoms with Crippen molar-refractivity contribution in [2.75, 3.05) is 13.1 Å². The molecule has 0 aromatic carbocycles. The number of H-pyrrole nitrogens is 1. The van der Waals surface area contributed by atoms with Crippen molar-refractivity contribution in [3.8, 4) is 0 Å². The lowest BCUT2D eigenvalue weighted by atomic mass is 10.1. The van der Waals surface area contributed by atoms with Crippen LogP contribution in [0.2, 0.25) is 0 Å². The van der Waals surface area contributed by atoms with Crippen LogP contribution in [-0.4, -0.2) is 50.3 Å². The smallest absolute Gasteiger partial charge is 0.293 e. The molecule has 6 heteroatoms. The number of hydrogen-bond donors (Lipinski definition) is 2. The predicted molar refractivity (Wildman–Crippen MR) is 59.5 cm³/mol. The molecule has 0 unspecified atom stereocenters. The number of carbonyl (C=O) groups excluding carboxylic acids is 1. The Balaban J connectivity index is 1.71. The Hall–Kier alpha value is -1.43. The number of aliphatic hydroxyl groups is 1. The van der Waals surface area contributed by atoms with Crippen LogP contribution >= 0.6 is 0 Å². The van der Waals surface area contributed by atoms with Crippen LogP contribution in [-0.2, 0) is 0 Å². The van der Waals surface area contributed by atoms with Crippen LogP contribution in [0, 0.1) is 0 Å². The summed E-state index contributed by atoms with van der Waals surface area (Å²) in [5.74, 6) is 1.36. The second-order valence-electron chi connectivity index (χ2n) is 4.87. The van der Waals surface area contributed by atoms with Gasteiger partial charge in [0.15, 0.2) is 0 Å². The molecular weight excluding hydrogens is 220 g/mol. The van der Waals surface area contributed by atoms with Crippen molar-refractivity contribution in [1.82, 2.24) is 20.1 Å². The molecule has 1 aliphatic heterocycles. The largest absolute Gasteiger partial charge is 0.391 e. The van der Waals surface area contributed by atoms with Crippen LogP contribution in [0.3, 0.4) is 0 Å². The average Bonchev–Trinajstić information content (AvgIpc) is 3.07. The summed E-state index contributed by atoms with van der Waals surface area (Å²) in [6, 6.07) is 0. The van der Waals surface area contributed by atoms with Gasteiger partial charge in [0.1, 0.15) is 5.82 Å². The zero-order chi connectivity index (χ0) is 11.8. The van der Waals surface area contributed by atoms with Crippen LogP contribution < -0.4 is 0 Å². The molecule has 3 rings (SSSR count). The second-order valence-corrected chi connectivity index (χ2v) is 4.87. The summed E-state index contributed by atoms with van der Waals surface area (Å²) in [7, 11) is 0. The fourth-order valence-electron chi connectivity index (χ4n) is 2.19. The maximum absolute atomic E-state index is 12.1. The summed E-state index contributed by atoms with van der Waals surface area (Å²) >= 11 is 0. The Morgan fingerprint density at radius 2 is 2.24 bits per heavy atom. The number of carbonyl (C=O) groups is 1.